The van der Waals surface area contributed by atoms with Crippen LogP contribution in [0, 0.1) is 24.7 Å². The number of hydrogen-bond acceptors (Lipinski definition) is 3. The maximum absolute atomic E-state index is 13.7. The topological polar surface area (TPSA) is 64.3 Å². The molecule has 1 fully saturated rings. The molecule has 1 aromatic heterocycles. The van der Waals surface area contributed by atoms with Crippen LogP contribution in [-0.4, -0.2) is 20.9 Å². The van der Waals surface area contributed by atoms with Crippen molar-refractivity contribution in [3.05, 3.63) is 75.2 Å². The Morgan fingerprint density at radius 1 is 0.857 bits per heavy atom. The molecule has 0 bridgehead atoms. The molecule has 0 unspecified atom stereocenters. The molecule has 6 nitrogen and oxygen atoms in total. The number of nitrogens with zero attached hydrogens (tertiary/aromatic N) is 3. The number of rotatable bonds is 1. The van der Waals surface area contributed by atoms with Crippen LogP contribution >= 0.6 is 0 Å². The van der Waals surface area contributed by atoms with Gasteiger partial charge in [-0.25, -0.2) is 9.69 Å². The van der Waals surface area contributed by atoms with E-state index in [9.17, 15) is 14.4 Å². The summed E-state index contributed by atoms with van der Waals surface area (Å²) in [7, 11) is 3.40. The largest absolute Gasteiger partial charge is 0.328 e. The van der Waals surface area contributed by atoms with Crippen molar-refractivity contribution in [3.63, 3.8) is 0 Å². The van der Waals surface area contributed by atoms with E-state index in [2.05, 4.69) is 11.8 Å². The third-order valence-electron chi connectivity index (χ3n) is 7.50. The van der Waals surface area contributed by atoms with Crippen LogP contribution in [0.2, 0.25) is 0 Å². The van der Waals surface area contributed by atoms with E-state index < -0.39 is 0 Å². The zero-order valence-electron chi connectivity index (χ0n) is 20.0. The number of carbonyl (C=O) groups excluding carboxylic acids is 2. The number of anilines is 1. The number of benzene rings is 3. The van der Waals surface area contributed by atoms with Gasteiger partial charge in [0.05, 0.1) is 16.7 Å². The van der Waals surface area contributed by atoms with Crippen molar-refractivity contribution < 1.29 is 9.59 Å². The minimum absolute atomic E-state index is 0.158. The van der Waals surface area contributed by atoms with Crippen LogP contribution in [0.15, 0.2) is 47.3 Å². The summed E-state index contributed by atoms with van der Waals surface area (Å²) >= 11 is 0. The number of amides is 2. The van der Waals surface area contributed by atoms with E-state index in [1.165, 1.54) is 22.3 Å². The second-order valence-corrected chi connectivity index (χ2v) is 9.61. The summed E-state index contributed by atoms with van der Waals surface area (Å²) < 4.78 is 3.09. The van der Waals surface area contributed by atoms with Crippen molar-refractivity contribution in [2.75, 3.05) is 4.90 Å². The number of fused-ring (bicyclic) bond motifs is 1. The monoisotopic (exact) mass is 463 g/mol. The van der Waals surface area contributed by atoms with Crippen LogP contribution in [0.3, 0.4) is 0 Å². The fourth-order valence-corrected chi connectivity index (χ4v) is 5.55. The first-order valence-electron chi connectivity index (χ1n) is 12.0. The van der Waals surface area contributed by atoms with Gasteiger partial charge in [-0.3, -0.25) is 18.7 Å². The third kappa shape index (κ3) is 3.08. The molecule has 1 aliphatic heterocycles. The highest BCUT2D eigenvalue weighted by molar-refractivity contribution is 6.36. The minimum atomic E-state index is -0.364. The van der Waals surface area contributed by atoms with Gasteiger partial charge < -0.3 is 0 Å². The Morgan fingerprint density at radius 2 is 1.51 bits per heavy atom. The summed E-state index contributed by atoms with van der Waals surface area (Å²) in [5.74, 6) is 6.42. The van der Waals surface area contributed by atoms with Crippen molar-refractivity contribution in [3.8, 4) is 11.8 Å². The molecule has 6 heteroatoms. The molecule has 6 rings (SSSR count). The second-order valence-electron chi connectivity index (χ2n) is 9.61. The quantitative estimate of drug-likeness (QED) is 0.304. The molecule has 1 saturated carbocycles. The van der Waals surface area contributed by atoms with E-state index in [1.54, 1.807) is 36.9 Å². The van der Waals surface area contributed by atoms with Gasteiger partial charge in [-0.2, -0.15) is 0 Å². The second kappa shape index (κ2) is 7.71. The Bertz CT molecular complexity index is 1680. The Labute approximate surface area is 202 Å². The fraction of sp³-hybridized carbons (Fsp3) is 0.276. The highest BCUT2D eigenvalue weighted by Gasteiger charge is 2.35. The average molecular weight is 464 g/mol. The summed E-state index contributed by atoms with van der Waals surface area (Å²) in [6.07, 6.45) is 4.72. The zero-order chi connectivity index (χ0) is 24.4. The summed E-state index contributed by atoms with van der Waals surface area (Å²) in [5, 5.41) is 1.51. The molecule has 35 heavy (non-hydrogen) atoms. The van der Waals surface area contributed by atoms with Crippen LogP contribution in [0.1, 0.15) is 57.5 Å². The van der Waals surface area contributed by atoms with E-state index in [-0.39, 0.29) is 17.5 Å². The lowest BCUT2D eigenvalue weighted by molar-refractivity contribution is 0.0893. The lowest BCUT2D eigenvalue weighted by Gasteiger charge is -2.28. The average Bonchev–Trinajstić information content (AvgIpc) is 3.45. The predicted molar refractivity (Wildman–Crippen MR) is 137 cm³/mol. The lowest BCUT2D eigenvalue weighted by atomic mass is 9.90. The van der Waals surface area contributed by atoms with Gasteiger partial charge >= 0.3 is 5.69 Å². The van der Waals surface area contributed by atoms with Crippen LogP contribution in [0.25, 0.3) is 21.8 Å². The number of imide groups is 1. The molecule has 0 atom stereocenters. The maximum atomic E-state index is 13.7. The number of carbonyl (C=O) groups is 2. The summed E-state index contributed by atoms with van der Waals surface area (Å²) in [5.41, 5.74) is 4.32. The van der Waals surface area contributed by atoms with Gasteiger partial charge in [0, 0.05) is 42.1 Å². The molecule has 0 saturated heterocycles. The Hall–Kier alpha value is -4.11. The standard InChI is InChI=1S/C29H25N3O3/c1-17-15-24-25(31(3)29(35)30(24)2)16-23(17)32-27(33)21-10-6-9-20-19(12-11-18-7-4-5-8-18)13-14-22(26(20)21)28(32)34/h6,9-10,13-16,18H,4-5,7-8H2,1-3H3. The van der Waals surface area contributed by atoms with Crippen molar-refractivity contribution in [2.24, 2.45) is 20.0 Å². The molecule has 174 valence electrons. The Morgan fingerprint density at radius 3 is 2.23 bits per heavy atom. The summed E-state index contributed by atoms with van der Waals surface area (Å²) in [6, 6.07) is 12.9. The van der Waals surface area contributed by atoms with E-state index in [4.69, 9.17) is 0 Å². The fourth-order valence-electron chi connectivity index (χ4n) is 5.55. The smallest absolute Gasteiger partial charge is 0.295 e. The Kier molecular flexibility index (Phi) is 4.72. The third-order valence-corrected chi connectivity index (χ3v) is 7.50. The molecule has 2 aliphatic rings. The first-order valence-corrected chi connectivity index (χ1v) is 12.0. The minimum Gasteiger partial charge on any atom is -0.295 e. The number of imidazole rings is 1. The van der Waals surface area contributed by atoms with E-state index >= 15 is 0 Å². The number of hydrogen-bond donors (Lipinski definition) is 0. The van der Waals surface area contributed by atoms with Crippen molar-refractivity contribution in [2.45, 2.75) is 32.6 Å². The summed E-state index contributed by atoms with van der Waals surface area (Å²) in [4.78, 5) is 41.2. The van der Waals surface area contributed by atoms with Crippen LogP contribution < -0.4 is 10.6 Å². The molecule has 1 aliphatic carbocycles. The van der Waals surface area contributed by atoms with Crippen molar-refractivity contribution >= 4 is 39.3 Å². The van der Waals surface area contributed by atoms with Gasteiger partial charge in [-0.15, -0.1) is 0 Å². The highest BCUT2D eigenvalue weighted by Crippen LogP contribution is 2.36. The van der Waals surface area contributed by atoms with Crippen LogP contribution in [0.5, 0.6) is 0 Å². The van der Waals surface area contributed by atoms with Gasteiger partial charge in [0.2, 0.25) is 0 Å². The SMILES string of the molecule is Cc1cc2c(cc1N1C(=O)c3cccc4c(C#CC5CCCC5)ccc(c34)C1=O)n(C)c(=O)n2C. The number of aromatic nitrogens is 2. The molecule has 2 amide bonds. The van der Waals surface area contributed by atoms with Crippen LogP contribution in [-0.2, 0) is 14.1 Å². The zero-order valence-corrected chi connectivity index (χ0v) is 20.0. The molecular formula is C29H25N3O3. The maximum Gasteiger partial charge on any atom is 0.328 e. The van der Waals surface area contributed by atoms with Gasteiger partial charge in [0.25, 0.3) is 11.8 Å². The van der Waals surface area contributed by atoms with Gasteiger partial charge in [0.1, 0.15) is 0 Å². The first kappa shape index (κ1) is 21.4. The summed E-state index contributed by atoms with van der Waals surface area (Å²) in [6.45, 7) is 1.85. The molecular weight excluding hydrogens is 438 g/mol. The molecule has 3 aromatic carbocycles. The first-order chi connectivity index (χ1) is 16.9. The van der Waals surface area contributed by atoms with E-state index in [1.807, 2.05) is 31.2 Å². The predicted octanol–water partition coefficient (Wildman–Crippen LogP) is 4.68. The van der Waals surface area contributed by atoms with Crippen LogP contribution in [0.4, 0.5) is 5.69 Å². The molecule has 2 heterocycles. The van der Waals surface area contributed by atoms with Crippen molar-refractivity contribution in [1.29, 1.82) is 0 Å². The van der Waals surface area contributed by atoms with Crippen molar-refractivity contribution in [1.82, 2.24) is 9.13 Å². The molecule has 0 radical (unpaired) electrons. The van der Waals surface area contributed by atoms with Gasteiger partial charge in [-0.05, 0) is 61.0 Å². The molecule has 0 N–H and O–H groups in total. The Balaban J connectivity index is 1.51. The normalized spacial score (nSPS) is 15.8. The van der Waals surface area contributed by atoms with E-state index in [0.29, 0.717) is 33.6 Å². The van der Waals surface area contributed by atoms with E-state index in [0.717, 1.165) is 34.9 Å². The number of aryl methyl sites for hydroxylation is 3. The van der Waals surface area contributed by atoms with Gasteiger partial charge in [0.15, 0.2) is 0 Å². The molecule has 4 aromatic rings. The van der Waals surface area contributed by atoms with Gasteiger partial charge in [-0.1, -0.05) is 36.8 Å². The highest BCUT2D eigenvalue weighted by atomic mass is 16.2. The lowest BCUT2D eigenvalue weighted by Crippen LogP contribution is -2.41. The molecule has 0 spiro atoms.